The summed E-state index contributed by atoms with van der Waals surface area (Å²) in [6.07, 6.45) is 3.26. The fourth-order valence-electron chi connectivity index (χ4n) is 2.51. The Balaban J connectivity index is 2.20. The van der Waals surface area contributed by atoms with Gasteiger partial charge >= 0.3 is 6.18 Å². The molecule has 3 nitrogen and oxygen atoms in total. The van der Waals surface area contributed by atoms with E-state index in [1.54, 1.807) is 12.1 Å². The van der Waals surface area contributed by atoms with Crippen LogP contribution in [0.5, 0.6) is 5.75 Å². The van der Waals surface area contributed by atoms with Gasteiger partial charge in [0.25, 0.3) is 0 Å². The predicted octanol–water partition coefficient (Wildman–Crippen LogP) is 5.54. The molecular formula is C19H30F3NO2. The van der Waals surface area contributed by atoms with Crippen molar-refractivity contribution in [3.8, 4) is 5.75 Å². The Labute approximate surface area is 148 Å². The molecule has 1 unspecified atom stereocenters. The van der Waals surface area contributed by atoms with Crippen LogP contribution >= 0.6 is 0 Å². The number of alkyl halides is 3. The van der Waals surface area contributed by atoms with Crippen molar-refractivity contribution < 1.29 is 23.0 Å². The van der Waals surface area contributed by atoms with Gasteiger partial charge in [-0.1, -0.05) is 51.9 Å². The third-order valence-electron chi connectivity index (χ3n) is 4.02. The Morgan fingerprint density at radius 1 is 0.960 bits per heavy atom. The number of ether oxygens (including phenoxy) is 1. The average Bonchev–Trinajstić information content (AvgIpc) is 2.58. The molecule has 0 radical (unpaired) electrons. The van der Waals surface area contributed by atoms with Crippen LogP contribution in [0.2, 0.25) is 0 Å². The van der Waals surface area contributed by atoms with Gasteiger partial charge < -0.3 is 15.2 Å². The number of aliphatic hydroxyl groups excluding tert-OH is 1. The van der Waals surface area contributed by atoms with Crippen LogP contribution in [0.15, 0.2) is 24.3 Å². The van der Waals surface area contributed by atoms with E-state index in [1.165, 1.54) is 57.1 Å². The second kappa shape index (κ2) is 12.0. The number of nitrogens with one attached hydrogen (secondary N) is 1. The van der Waals surface area contributed by atoms with E-state index < -0.39 is 18.9 Å². The molecule has 0 spiro atoms. The van der Waals surface area contributed by atoms with Crippen LogP contribution in [0.25, 0.3) is 0 Å². The third-order valence-corrected chi connectivity index (χ3v) is 4.02. The van der Waals surface area contributed by atoms with Crippen LogP contribution < -0.4 is 10.1 Å². The van der Waals surface area contributed by atoms with Crippen molar-refractivity contribution >= 4 is 5.69 Å². The Morgan fingerprint density at radius 2 is 1.52 bits per heavy atom. The number of hydrogen-bond acceptors (Lipinski definition) is 3. The molecule has 0 heterocycles. The summed E-state index contributed by atoms with van der Waals surface area (Å²) in [6, 6.07) is 6.32. The van der Waals surface area contributed by atoms with E-state index >= 15 is 0 Å². The monoisotopic (exact) mass is 361 g/mol. The number of rotatable bonds is 13. The average molecular weight is 361 g/mol. The molecule has 2 N–H and O–H groups in total. The number of hydrogen-bond donors (Lipinski definition) is 2. The van der Waals surface area contributed by atoms with Gasteiger partial charge in [0, 0.05) is 12.2 Å². The summed E-state index contributed by atoms with van der Waals surface area (Å²) in [4.78, 5) is 0. The lowest BCUT2D eigenvalue weighted by molar-refractivity contribution is -0.204. The highest BCUT2D eigenvalue weighted by atomic mass is 19.4. The molecule has 0 aromatic heterocycles. The Kier molecular flexibility index (Phi) is 10.4. The number of aliphatic hydroxyl groups is 1. The maximum absolute atomic E-state index is 12.5. The van der Waals surface area contributed by atoms with E-state index in [1.807, 2.05) is 0 Å². The van der Waals surface area contributed by atoms with Crippen molar-refractivity contribution in [2.45, 2.75) is 70.6 Å². The molecule has 144 valence electrons. The van der Waals surface area contributed by atoms with Crippen LogP contribution in [-0.2, 0) is 0 Å². The molecule has 0 aliphatic heterocycles. The van der Waals surface area contributed by atoms with E-state index in [-0.39, 0.29) is 5.75 Å². The standard InChI is InChI=1S/C19H30F3NO2/c1-2-3-4-5-6-7-8-9-14-23-16-10-12-17(13-11-16)25-18(15-24)19(20,21)22/h10-13,18,23-24H,2-9,14-15H2,1H3. The second-order valence-electron chi connectivity index (χ2n) is 6.26. The summed E-state index contributed by atoms with van der Waals surface area (Å²) < 4.78 is 42.4. The van der Waals surface area contributed by atoms with E-state index in [0.29, 0.717) is 0 Å². The van der Waals surface area contributed by atoms with Crippen molar-refractivity contribution in [1.29, 1.82) is 0 Å². The molecule has 1 aromatic rings. The van der Waals surface area contributed by atoms with Crippen LogP contribution in [0.3, 0.4) is 0 Å². The fourth-order valence-corrected chi connectivity index (χ4v) is 2.51. The number of anilines is 1. The summed E-state index contributed by atoms with van der Waals surface area (Å²) in [7, 11) is 0. The van der Waals surface area contributed by atoms with Gasteiger partial charge in [-0.05, 0) is 30.7 Å². The number of halogens is 3. The van der Waals surface area contributed by atoms with Crippen molar-refractivity contribution in [1.82, 2.24) is 0 Å². The first-order valence-corrected chi connectivity index (χ1v) is 9.15. The van der Waals surface area contributed by atoms with Crippen molar-refractivity contribution in [3.05, 3.63) is 24.3 Å². The van der Waals surface area contributed by atoms with Crippen molar-refractivity contribution in [3.63, 3.8) is 0 Å². The predicted molar refractivity (Wildman–Crippen MR) is 95.1 cm³/mol. The van der Waals surface area contributed by atoms with Gasteiger partial charge in [-0.15, -0.1) is 0 Å². The molecule has 6 heteroatoms. The molecule has 0 aliphatic rings. The zero-order chi connectivity index (χ0) is 18.5. The van der Waals surface area contributed by atoms with Crippen LogP contribution in [-0.4, -0.2) is 30.5 Å². The fraction of sp³-hybridized carbons (Fsp3) is 0.684. The molecule has 0 amide bonds. The lowest BCUT2D eigenvalue weighted by Crippen LogP contribution is -2.37. The molecule has 0 fully saturated rings. The minimum absolute atomic E-state index is 0.0917. The van der Waals surface area contributed by atoms with E-state index in [4.69, 9.17) is 9.84 Å². The lowest BCUT2D eigenvalue weighted by atomic mass is 10.1. The minimum Gasteiger partial charge on any atom is -0.478 e. The zero-order valence-electron chi connectivity index (χ0n) is 14.9. The summed E-state index contributed by atoms with van der Waals surface area (Å²) in [5.41, 5.74) is 0.850. The Bertz CT molecular complexity index is 449. The van der Waals surface area contributed by atoms with Gasteiger partial charge in [-0.3, -0.25) is 0 Å². The van der Waals surface area contributed by atoms with E-state index in [2.05, 4.69) is 12.2 Å². The normalized spacial score (nSPS) is 12.8. The van der Waals surface area contributed by atoms with Gasteiger partial charge in [0.05, 0.1) is 6.61 Å². The molecule has 1 atom stereocenters. The summed E-state index contributed by atoms with van der Waals surface area (Å²) in [6.45, 7) is 1.96. The highest BCUT2D eigenvalue weighted by molar-refractivity contribution is 5.46. The molecule has 1 aromatic carbocycles. The van der Waals surface area contributed by atoms with Crippen LogP contribution in [0.1, 0.15) is 58.3 Å². The first-order valence-electron chi connectivity index (χ1n) is 9.15. The smallest absolute Gasteiger partial charge is 0.427 e. The molecular weight excluding hydrogens is 331 g/mol. The first kappa shape index (κ1) is 21.6. The molecule has 25 heavy (non-hydrogen) atoms. The number of unbranched alkanes of at least 4 members (excludes halogenated alkanes) is 7. The largest absolute Gasteiger partial charge is 0.478 e. The maximum atomic E-state index is 12.5. The molecule has 0 saturated heterocycles. The molecule has 1 rings (SSSR count). The lowest BCUT2D eigenvalue weighted by Gasteiger charge is -2.19. The van der Waals surface area contributed by atoms with Gasteiger partial charge in [-0.25, -0.2) is 0 Å². The summed E-state index contributed by atoms with van der Waals surface area (Å²) in [5, 5.41) is 12.0. The Hall–Kier alpha value is -1.43. The van der Waals surface area contributed by atoms with Crippen LogP contribution in [0.4, 0.5) is 18.9 Å². The van der Waals surface area contributed by atoms with E-state index in [0.717, 1.165) is 18.7 Å². The summed E-state index contributed by atoms with van der Waals surface area (Å²) in [5.74, 6) is 0.0917. The van der Waals surface area contributed by atoms with Gasteiger partial charge in [0.2, 0.25) is 6.10 Å². The second-order valence-corrected chi connectivity index (χ2v) is 6.26. The summed E-state index contributed by atoms with van der Waals surface area (Å²) >= 11 is 0. The minimum atomic E-state index is -4.58. The Morgan fingerprint density at radius 3 is 2.04 bits per heavy atom. The molecule has 0 saturated carbocycles. The topological polar surface area (TPSA) is 41.5 Å². The van der Waals surface area contributed by atoms with Crippen LogP contribution in [0, 0.1) is 0 Å². The maximum Gasteiger partial charge on any atom is 0.427 e. The first-order chi connectivity index (χ1) is 12.0. The highest BCUT2D eigenvalue weighted by Crippen LogP contribution is 2.25. The van der Waals surface area contributed by atoms with Gasteiger partial charge in [-0.2, -0.15) is 13.2 Å². The van der Waals surface area contributed by atoms with Crippen molar-refractivity contribution in [2.75, 3.05) is 18.5 Å². The highest BCUT2D eigenvalue weighted by Gasteiger charge is 2.41. The third kappa shape index (κ3) is 9.58. The van der Waals surface area contributed by atoms with Gasteiger partial charge in [0.1, 0.15) is 5.75 Å². The van der Waals surface area contributed by atoms with E-state index in [9.17, 15) is 13.2 Å². The molecule has 0 aliphatic carbocycles. The number of benzene rings is 1. The van der Waals surface area contributed by atoms with Gasteiger partial charge in [0.15, 0.2) is 0 Å². The van der Waals surface area contributed by atoms with Crippen molar-refractivity contribution in [2.24, 2.45) is 0 Å². The quantitative estimate of drug-likeness (QED) is 0.453. The molecule has 0 bridgehead atoms. The SMILES string of the molecule is CCCCCCCCCCNc1ccc(OC(CO)C(F)(F)F)cc1. The zero-order valence-corrected chi connectivity index (χ0v) is 14.9.